The fourth-order valence-electron chi connectivity index (χ4n) is 4.81. The smallest absolute Gasteiger partial charge is 0.345 e. The van der Waals surface area contributed by atoms with Gasteiger partial charge in [-0.25, -0.2) is 9.59 Å². The van der Waals surface area contributed by atoms with Crippen LogP contribution in [-0.4, -0.2) is 105 Å². The molecule has 1 saturated carbocycles. The summed E-state index contributed by atoms with van der Waals surface area (Å²) in [6.07, 6.45) is 0.455. The Morgan fingerprint density at radius 1 is 0.708 bits per heavy atom. The number of carbonyl (C=O) groups is 6. The molecule has 4 atom stereocenters. The zero-order valence-electron chi connectivity index (χ0n) is 26.9. The van der Waals surface area contributed by atoms with E-state index in [2.05, 4.69) is 16.0 Å². The first kappa shape index (κ1) is 38.1. The van der Waals surface area contributed by atoms with Crippen LogP contribution in [-0.2, 0) is 38.1 Å². The van der Waals surface area contributed by atoms with Crippen LogP contribution in [0.5, 0.6) is 0 Å². The molecule has 2 aromatic carbocycles. The van der Waals surface area contributed by atoms with E-state index in [0.29, 0.717) is 45.7 Å². The molecule has 0 radical (unpaired) electrons. The summed E-state index contributed by atoms with van der Waals surface area (Å²) >= 11 is 0. The highest BCUT2D eigenvalue weighted by Gasteiger charge is 2.38. The predicted molar refractivity (Wildman–Crippen MR) is 171 cm³/mol. The summed E-state index contributed by atoms with van der Waals surface area (Å²) in [5, 5.41) is 18.7. The van der Waals surface area contributed by atoms with Gasteiger partial charge in [0.2, 0.25) is 0 Å². The van der Waals surface area contributed by atoms with Gasteiger partial charge in [0.15, 0.2) is 0 Å². The summed E-state index contributed by atoms with van der Waals surface area (Å²) < 4.78 is 20.7. The zero-order chi connectivity index (χ0) is 34.7. The molecule has 2 unspecified atom stereocenters. The van der Waals surface area contributed by atoms with Crippen LogP contribution in [0.15, 0.2) is 60.7 Å². The van der Waals surface area contributed by atoms with Gasteiger partial charge in [-0.1, -0.05) is 36.4 Å². The highest BCUT2D eigenvalue weighted by atomic mass is 16.6. The molecule has 1 fully saturated rings. The normalized spacial score (nSPS) is 16.6. The van der Waals surface area contributed by atoms with Gasteiger partial charge in [0.05, 0.1) is 49.8 Å². The van der Waals surface area contributed by atoms with E-state index in [1.165, 1.54) is 24.3 Å². The molecule has 260 valence electrons. The molecule has 0 amide bonds. The number of hydrogen-bond acceptors (Lipinski definition) is 13. The second-order valence-electron chi connectivity index (χ2n) is 11.1. The predicted octanol–water partition coefficient (Wildman–Crippen LogP) is 1.67. The van der Waals surface area contributed by atoms with Gasteiger partial charge in [-0.15, -0.1) is 0 Å². The van der Waals surface area contributed by atoms with E-state index in [0.717, 1.165) is 6.54 Å². The van der Waals surface area contributed by atoms with E-state index in [1.807, 2.05) is 7.05 Å². The van der Waals surface area contributed by atoms with Crippen LogP contribution < -0.4 is 16.0 Å². The maximum atomic E-state index is 13.3. The van der Waals surface area contributed by atoms with Crippen LogP contribution in [0.1, 0.15) is 59.2 Å². The standard InChI is InChI=1S/C34H43N3O11/c1-35-16-18-46-20-19-45-17-8-13-29(38)27(21-30(39)47-33(43)23-9-4-2-5-10-23)36-25-14-15-26(25)37-28(32(41)42)22-31(40)48-34(44)24-11-6-3-7-12-24/h2-7,9-12,25-28,35-37H,8,13-22H2,1H3,(H,41,42)/t25?,26?,27-,28-/m0/s1. The summed E-state index contributed by atoms with van der Waals surface area (Å²) in [4.78, 5) is 75.1. The molecule has 0 bridgehead atoms. The number of hydrogen-bond donors (Lipinski definition) is 4. The van der Waals surface area contributed by atoms with Crippen LogP contribution in [0.3, 0.4) is 0 Å². The molecule has 0 spiro atoms. The van der Waals surface area contributed by atoms with Crippen molar-refractivity contribution in [2.45, 2.75) is 62.7 Å². The number of aliphatic carboxylic acids is 1. The Bertz CT molecular complexity index is 1360. The number of carboxylic acids is 1. The van der Waals surface area contributed by atoms with Crippen LogP contribution in [0.2, 0.25) is 0 Å². The highest BCUT2D eigenvalue weighted by molar-refractivity contribution is 5.98. The minimum absolute atomic E-state index is 0.0715. The number of esters is 4. The Balaban J connectivity index is 1.56. The molecule has 0 heterocycles. The Labute approximate surface area is 278 Å². The largest absolute Gasteiger partial charge is 0.480 e. The second-order valence-corrected chi connectivity index (χ2v) is 11.1. The van der Waals surface area contributed by atoms with Crippen molar-refractivity contribution < 1.29 is 52.8 Å². The van der Waals surface area contributed by atoms with Gasteiger partial charge in [0, 0.05) is 31.7 Å². The van der Waals surface area contributed by atoms with Crippen molar-refractivity contribution in [2.24, 2.45) is 0 Å². The first-order chi connectivity index (χ1) is 23.2. The summed E-state index contributed by atoms with van der Waals surface area (Å²) in [5.74, 6) is -5.29. The lowest BCUT2D eigenvalue weighted by molar-refractivity contribution is -0.146. The average Bonchev–Trinajstić information content (AvgIpc) is 3.07. The molecule has 1 aliphatic rings. The monoisotopic (exact) mass is 669 g/mol. The van der Waals surface area contributed by atoms with Crippen molar-refractivity contribution in [2.75, 3.05) is 40.0 Å². The van der Waals surface area contributed by atoms with Crippen LogP contribution in [0.25, 0.3) is 0 Å². The Hall–Kier alpha value is -4.34. The lowest BCUT2D eigenvalue weighted by Gasteiger charge is -2.41. The number of ketones is 1. The van der Waals surface area contributed by atoms with Gasteiger partial charge in [0.1, 0.15) is 11.8 Å². The summed E-state index contributed by atoms with van der Waals surface area (Å²) in [7, 11) is 1.82. The third-order valence-electron chi connectivity index (χ3n) is 7.55. The number of ether oxygens (including phenoxy) is 4. The maximum absolute atomic E-state index is 13.3. The summed E-state index contributed by atoms with van der Waals surface area (Å²) in [6, 6.07) is 12.5. The van der Waals surface area contributed by atoms with Crippen molar-refractivity contribution >= 4 is 35.6 Å². The number of nitrogens with one attached hydrogen (secondary N) is 3. The van der Waals surface area contributed by atoms with Gasteiger partial charge in [-0.3, -0.25) is 24.5 Å². The first-order valence-electron chi connectivity index (χ1n) is 15.9. The number of carbonyl (C=O) groups excluding carboxylic acids is 5. The number of benzene rings is 2. The molecule has 0 saturated heterocycles. The van der Waals surface area contributed by atoms with Crippen LogP contribution >= 0.6 is 0 Å². The number of Topliss-reactive ketones (excluding diaryl/α,β-unsaturated/α-hetero) is 1. The van der Waals surface area contributed by atoms with Gasteiger partial charge in [-0.05, 0) is 50.6 Å². The van der Waals surface area contributed by atoms with Crippen molar-refractivity contribution in [3.8, 4) is 0 Å². The van der Waals surface area contributed by atoms with Gasteiger partial charge in [0.25, 0.3) is 0 Å². The van der Waals surface area contributed by atoms with Crippen LogP contribution in [0.4, 0.5) is 0 Å². The van der Waals surface area contributed by atoms with E-state index in [9.17, 15) is 33.9 Å². The third-order valence-corrected chi connectivity index (χ3v) is 7.55. The molecular weight excluding hydrogens is 626 g/mol. The number of rotatable bonds is 22. The van der Waals surface area contributed by atoms with Gasteiger partial charge < -0.3 is 34.7 Å². The van der Waals surface area contributed by atoms with E-state index in [-0.39, 0.29) is 23.3 Å². The maximum Gasteiger partial charge on any atom is 0.345 e. The fraction of sp³-hybridized carbons (Fsp3) is 0.471. The fourth-order valence-corrected chi connectivity index (χ4v) is 4.81. The van der Waals surface area contributed by atoms with Crippen molar-refractivity contribution in [1.82, 2.24) is 16.0 Å². The quantitative estimate of drug-likeness (QED) is 0.0803. The molecule has 0 aliphatic heterocycles. The number of likely N-dealkylation sites (N-methyl/N-ethyl adjacent to an activating group) is 1. The first-order valence-corrected chi connectivity index (χ1v) is 15.9. The molecule has 0 aromatic heterocycles. The topological polar surface area (TPSA) is 196 Å². The molecule has 14 heteroatoms. The molecule has 3 rings (SSSR count). The Morgan fingerprint density at radius 2 is 1.19 bits per heavy atom. The molecule has 4 N–H and O–H groups in total. The minimum Gasteiger partial charge on any atom is -0.480 e. The molecule has 14 nitrogen and oxygen atoms in total. The summed E-state index contributed by atoms with van der Waals surface area (Å²) in [5.41, 5.74) is 0.329. The molecule has 48 heavy (non-hydrogen) atoms. The van der Waals surface area contributed by atoms with Crippen molar-refractivity contribution in [1.29, 1.82) is 0 Å². The molecule has 1 aliphatic carbocycles. The van der Waals surface area contributed by atoms with Gasteiger partial charge >= 0.3 is 29.8 Å². The van der Waals surface area contributed by atoms with E-state index >= 15 is 0 Å². The SMILES string of the molecule is CNCCOCCOCCCC(=O)[C@H](CC(=O)OC(=O)c1ccccc1)NC1CCC1N[C@@H](CC(=O)OC(=O)c1ccccc1)C(=O)O. The summed E-state index contributed by atoms with van der Waals surface area (Å²) in [6.45, 7) is 2.34. The lowest BCUT2D eigenvalue weighted by atomic mass is 9.84. The van der Waals surface area contributed by atoms with E-state index in [1.54, 1.807) is 36.4 Å². The van der Waals surface area contributed by atoms with Gasteiger partial charge in [-0.2, -0.15) is 0 Å². The highest BCUT2D eigenvalue weighted by Crippen LogP contribution is 2.23. The van der Waals surface area contributed by atoms with E-state index in [4.69, 9.17) is 18.9 Å². The second kappa shape index (κ2) is 20.8. The third kappa shape index (κ3) is 13.4. The molecule has 2 aromatic rings. The number of carboxylic acid groups (broad SMARTS) is 1. The molecular formula is C34H43N3O11. The Morgan fingerprint density at radius 3 is 1.67 bits per heavy atom. The lowest BCUT2D eigenvalue weighted by Crippen LogP contribution is -2.62. The van der Waals surface area contributed by atoms with Crippen molar-refractivity contribution in [3.63, 3.8) is 0 Å². The van der Waals surface area contributed by atoms with E-state index < -0.39 is 66.9 Å². The average molecular weight is 670 g/mol. The Kier molecular flexibility index (Phi) is 16.5. The minimum atomic E-state index is -1.38. The zero-order valence-corrected chi connectivity index (χ0v) is 26.9. The van der Waals surface area contributed by atoms with Crippen LogP contribution in [0, 0.1) is 0 Å². The van der Waals surface area contributed by atoms with Crippen molar-refractivity contribution in [3.05, 3.63) is 71.8 Å².